The second-order valence-electron chi connectivity index (χ2n) is 9.33. The Labute approximate surface area is 226 Å². The molecular formula is C29H31N5O3S. The number of hydrogen-bond acceptors (Lipinski definition) is 8. The molecule has 0 spiro atoms. The number of hydrogen-bond donors (Lipinski definition) is 1. The lowest BCUT2D eigenvalue weighted by molar-refractivity contribution is 0.0531. The van der Waals surface area contributed by atoms with Gasteiger partial charge in [-0.1, -0.05) is 11.3 Å². The van der Waals surface area contributed by atoms with Crippen LogP contribution in [0.4, 0.5) is 5.69 Å². The van der Waals surface area contributed by atoms with E-state index in [2.05, 4.69) is 44.2 Å². The van der Waals surface area contributed by atoms with Gasteiger partial charge in [0.2, 0.25) is 0 Å². The average molecular weight is 530 g/mol. The number of aromatic nitrogens is 2. The highest BCUT2D eigenvalue weighted by molar-refractivity contribution is 7.15. The molecule has 0 saturated carbocycles. The molecule has 1 aliphatic heterocycles. The normalized spacial score (nSPS) is 14.0. The third-order valence-electron chi connectivity index (χ3n) is 6.83. The molecule has 4 aromatic rings. The number of aromatic amines is 1. The Hall–Kier alpha value is -3.87. The van der Waals surface area contributed by atoms with E-state index in [9.17, 15) is 10.1 Å². The number of nitrogens with zero attached hydrogens (tertiary/aromatic N) is 4. The van der Waals surface area contributed by atoms with Crippen LogP contribution < -0.4 is 9.64 Å². The maximum Gasteiger partial charge on any atom is 0.350 e. The van der Waals surface area contributed by atoms with E-state index in [-0.39, 0.29) is 5.97 Å². The van der Waals surface area contributed by atoms with Gasteiger partial charge in [0, 0.05) is 49.0 Å². The third kappa shape index (κ3) is 5.82. The Morgan fingerprint density at radius 2 is 1.95 bits per heavy atom. The van der Waals surface area contributed by atoms with E-state index in [0.29, 0.717) is 33.7 Å². The quantitative estimate of drug-likeness (QED) is 0.285. The van der Waals surface area contributed by atoms with Crippen LogP contribution in [0.25, 0.3) is 10.9 Å². The van der Waals surface area contributed by atoms with Crippen molar-refractivity contribution < 1.29 is 14.3 Å². The number of aryl methyl sites for hydroxylation is 2. The van der Waals surface area contributed by atoms with Crippen molar-refractivity contribution in [3.63, 3.8) is 0 Å². The third-order valence-corrected chi connectivity index (χ3v) is 7.85. The summed E-state index contributed by atoms with van der Waals surface area (Å²) in [7, 11) is 0. The second-order valence-corrected chi connectivity index (χ2v) is 10.3. The number of piperazine rings is 1. The minimum atomic E-state index is -0.362. The molecule has 5 rings (SSSR count). The fourth-order valence-corrected chi connectivity index (χ4v) is 5.64. The zero-order valence-corrected chi connectivity index (χ0v) is 22.5. The Morgan fingerprint density at radius 3 is 2.68 bits per heavy atom. The molecule has 1 saturated heterocycles. The molecule has 2 aromatic carbocycles. The standard InChI is InChI=1S/C29H31N5O3S/c1-3-36-28(35)27-20(2)32-29(38-27)37-24-9-7-23(8-10-24)34-15-13-33(14-16-34)12-4-5-22-19-31-26-11-6-21(18-30)17-25(22)26/h6-11,17,19,31H,3-5,12-16H2,1-2H3. The number of nitriles is 1. The summed E-state index contributed by atoms with van der Waals surface area (Å²) in [5.74, 6) is 0.328. The molecule has 1 fully saturated rings. The molecule has 0 unspecified atom stereocenters. The van der Waals surface area contributed by atoms with Crippen LogP contribution in [0.3, 0.4) is 0 Å². The highest BCUT2D eigenvalue weighted by Gasteiger charge is 2.19. The molecule has 8 nitrogen and oxygen atoms in total. The predicted molar refractivity (Wildman–Crippen MR) is 149 cm³/mol. The van der Waals surface area contributed by atoms with Crippen molar-refractivity contribution in [2.75, 3.05) is 44.2 Å². The number of benzene rings is 2. The number of fused-ring (bicyclic) bond motifs is 1. The van der Waals surface area contributed by atoms with Gasteiger partial charge >= 0.3 is 5.97 Å². The van der Waals surface area contributed by atoms with Crippen LogP contribution in [-0.4, -0.2) is 60.2 Å². The van der Waals surface area contributed by atoms with Crippen LogP contribution in [0.2, 0.25) is 0 Å². The van der Waals surface area contributed by atoms with E-state index in [1.165, 1.54) is 22.6 Å². The van der Waals surface area contributed by atoms with Gasteiger partial charge in [0.1, 0.15) is 10.6 Å². The van der Waals surface area contributed by atoms with E-state index in [4.69, 9.17) is 9.47 Å². The first-order valence-corrected chi connectivity index (χ1v) is 13.8. The number of carbonyl (C=O) groups is 1. The van der Waals surface area contributed by atoms with E-state index < -0.39 is 0 Å². The van der Waals surface area contributed by atoms with Crippen LogP contribution in [-0.2, 0) is 11.2 Å². The predicted octanol–water partition coefficient (Wildman–Crippen LogP) is 5.53. The topological polar surface area (TPSA) is 94.5 Å². The van der Waals surface area contributed by atoms with Crippen LogP contribution >= 0.6 is 11.3 Å². The van der Waals surface area contributed by atoms with Crippen LogP contribution in [0.5, 0.6) is 10.9 Å². The summed E-state index contributed by atoms with van der Waals surface area (Å²) in [4.78, 5) is 25.1. The molecule has 0 amide bonds. The van der Waals surface area contributed by atoms with E-state index in [0.717, 1.165) is 56.5 Å². The first-order chi connectivity index (χ1) is 18.5. The summed E-state index contributed by atoms with van der Waals surface area (Å²) in [6, 6.07) is 16.1. The fraction of sp³-hybridized carbons (Fsp3) is 0.345. The summed E-state index contributed by atoms with van der Waals surface area (Å²) < 4.78 is 11.0. The molecule has 9 heteroatoms. The number of esters is 1. The number of H-pyrrole nitrogens is 1. The molecule has 196 valence electrons. The largest absolute Gasteiger partial charge is 0.462 e. The Bertz CT molecular complexity index is 1450. The van der Waals surface area contributed by atoms with Crippen molar-refractivity contribution in [2.45, 2.75) is 26.7 Å². The molecule has 1 N–H and O–H groups in total. The van der Waals surface area contributed by atoms with Crippen molar-refractivity contribution in [1.29, 1.82) is 5.26 Å². The Kier molecular flexibility index (Phi) is 7.91. The number of carbonyl (C=O) groups excluding carboxylic acids is 1. The molecule has 0 atom stereocenters. The van der Waals surface area contributed by atoms with Gasteiger partial charge in [-0.25, -0.2) is 9.78 Å². The zero-order chi connectivity index (χ0) is 26.5. The van der Waals surface area contributed by atoms with Gasteiger partial charge in [0.15, 0.2) is 0 Å². The maximum absolute atomic E-state index is 12.0. The molecule has 0 aliphatic carbocycles. The number of rotatable bonds is 9. The summed E-state index contributed by atoms with van der Waals surface area (Å²) in [6.45, 7) is 8.98. The van der Waals surface area contributed by atoms with E-state index in [1.54, 1.807) is 13.8 Å². The molecule has 1 aliphatic rings. The first kappa shape index (κ1) is 25.8. The molecule has 0 bridgehead atoms. The van der Waals surface area contributed by atoms with Crippen molar-refractivity contribution in [2.24, 2.45) is 0 Å². The summed E-state index contributed by atoms with van der Waals surface area (Å²) in [6.07, 6.45) is 4.16. The summed E-state index contributed by atoms with van der Waals surface area (Å²) >= 11 is 1.20. The maximum atomic E-state index is 12.0. The lowest BCUT2D eigenvalue weighted by Crippen LogP contribution is -2.46. The minimum Gasteiger partial charge on any atom is -0.462 e. The minimum absolute atomic E-state index is 0.331. The number of thiazole rings is 1. The van der Waals surface area contributed by atoms with E-state index >= 15 is 0 Å². The number of nitrogens with one attached hydrogen (secondary N) is 1. The Morgan fingerprint density at radius 1 is 1.16 bits per heavy atom. The van der Waals surface area contributed by atoms with Crippen LogP contribution in [0.15, 0.2) is 48.7 Å². The lowest BCUT2D eigenvalue weighted by Gasteiger charge is -2.36. The molecule has 3 heterocycles. The van der Waals surface area contributed by atoms with Gasteiger partial charge in [0.25, 0.3) is 5.19 Å². The SMILES string of the molecule is CCOC(=O)c1sc(Oc2ccc(N3CCN(CCCc4c[nH]c5ccc(C#N)cc45)CC3)cc2)nc1C. The van der Waals surface area contributed by atoms with Gasteiger partial charge in [-0.05, 0) is 81.3 Å². The Balaban J connectivity index is 1.09. The number of ether oxygens (including phenoxy) is 2. The average Bonchev–Trinajstić information content (AvgIpc) is 3.52. The number of anilines is 1. The van der Waals surface area contributed by atoms with Crippen LogP contribution in [0.1, 0.15) is 39.8 Å². The molecule has 2 aromatic heterocycles. The highest BCUT2D eigenvalue weighted by Crippen LogP contribution is 2.31. The molecule has 38 heavy (non-hydrogen) atoms. The van der Waals surface area contributed by atoms with Gasteiger partial charge in [-0.15, -0.1) is 0 Å². The monoisotopic (exact) mass is 529 g/mol. The van der Waals surface area contributed by atoms with Gasteiger partial charge in [0.05, 0.1) is 23.9 Å². The first-order valence-electron chi connectivity index (χ1n) is 12.9. The van der Waals surface area contributed by atoms with Crippen molar-refractivity contribution in [3.05, 3.63) is 70.4 Å². The summed E-state index contributed by atoms with van der Waals surface area (Å²) in [5.41, 5.74) is 4.87. The molecular weight excluding hydrogens is 498 g/mol. The van der Waals surface area contributed by atoms with Gasteiger partial charge in [-0.3, -0.25) is 4.90 Å². The van der Waals surface area contributed by atoms with Gasteiger partial charge in [-0.2, -0.15) is 5.26 Å². The summed E-state index contributed by atoms with van der Waals surface area (Å²) in [5, 5.41) is 10.8. The van der Waals surface area contributed by atoms with Gasteiger partial charge < -0.3 is 19.4 Å². The van der Waals surface area contributed by atoms with Crippen LogP contribution in [0, 0.1) is 18.3 Å². The van der Waals surface area contributed by atoms with Crippen molar-refractivity contribution in [3.8, 4) is 17.0 Å². The van der Waals surface area contributed by atoms with E-state index in [1.807, 2.05) is 30.3 Å². The van der Waals surface area contributed by atoms with Crippen molar-refractivity contribution >= 4 is 33.9 Å². The fourth-order valence-electron chi connectivity index (χ4n) is 4.80. The lowest BCUT2D eigenvalue weighted by atomic mass is 10.1. The highest BCUT2D eigenvalue weighted by atomic mass is 32.1. The zero-order valence-electron chi connectivity index (χ0n) is 21.7. The molecule has 0 radical (unpaired) electrons. The smallest absolute Gasteiger partial charge is 0.350 e. The van der Waals surface area contributed by atoms with Crippen molar-refractivity contribution in [1.82, 2.24) is 14.9 Å². The second kappa shape index (κ2) is 11.7.